The number of nitrogens with one attached hydrogen (secondary N) is 2. The van der Waals surface area contributed by atoms with Gasteiger partial charge >= 0.3 is 0 Å². The maximum atomic E-state index is 13.4. The molecule has 0 saturated heterocycles. The molecule has 6 heteroatoms. The van der Waals surface area contributed by atoms with Crippen molar-refractivity contribution in [3.63, 3.8) is 0 Å². The van der Waals surface area contributed by atoms with Gasteiger partial charge in [0, 0.05) is 9.26 Å². The highest BCUT2D eigenvalue weighted by atomic mass is 127. The SMILES string of the molecule is O=C(CNc1ccccc1I)Nc1c(F)cccc1F. The van der Waals surface area contributed by atoms with Crippen LogP contribution in [0.1, 0.15) is 0 Å². The van der Waals surface area contributed by atoms with Crippen LogP contribution in [0, 0.1) is 15.2 Å². The van der Waals surface area contributed by atoms with Crippen LogP contribution < -0.4 is 10.6 Å². The van der Waals surface area contributed by atoms with Crippen molar-refractivity contribution in [1.29, 1.82) is 0 Å². The van der Waals surface area contributed by atoms with Crippen LogP contribution >= 0.6 is 22.6 Å². The molecule has 0 aromatic heterocycles. The summed E-state index contributed by atoms with van der Waals surface area (Å²) in [6.07, 6.45) is 0. The molecule has 2 N–H and O–H groups in total. The fourth-order valence-corrected chi connectivity index (χ4v) is 2.16. The smallest absolute Gasteiger partial charge is 0.243 e. The fraction of sp³-hybridized carbons (Fsp3) is 0.0714. The summed E-state index contributed by atoms with van der Waals surface area (Å²) >= 11 is 2.13. The molecule has 0 aliphatic carbocycles. The molecular weight excluding hydrogens is 377 g/mol. The number of hydrogen-bond acceptors (Lipinski definition) is 2. The van der Waals surface area contributed by atoms with Gasteiger partial charge < -0.3 is 10.6 Å². The topological polar surface area (TPSA) is 41.1 Å². The Bertz CT molecular complexity index is 614. The molecule has 2 rings (SSSR count). The van der Waals surface area contributed by atoms with Crippen LogP contribution in [0.2, 0.25) is 0 Å². The zero-order chi connectivity index (χ0) is 14.5. The van der Waals surface area contributed by atoms with E-state index in [9.17, 15) is 13.6 Å². The maximum absolute atomic E-state index is 13.4. The molecule has 1 amide bonds. The van der Waals surface area contributed by atoms with Crippen molar-refractivity contribution in [2.24, 2.45) is 0 Å². The molecule has 0 heterocycles. The van der Waals surface area contributed by atoms with Crippen molar-refractivity contribution < 1.29 is 13.6 Å². The van der Waals surface area contributed by atoms with Gasteiger partial charge in [0.15, 0.2) is 0 Å². The normalized spacial score (nSPS) is 10.2. The Labute approximate surface area is 128 Å². The minimum absolute atomic E-state index is 0.0756. The highest BCUT2D eigenvalue weighted by Gasteiger charge is 2.11. The lowest BCUT2D eigenvalue weighted by atomic mass is 10.3. The van der Waals surface area contributed by atoms with Gasteiger partial charge in [-0.2, -0.15) is 0 Å². The van der Waals surface area contributed by atoms with Crippen molar-refractivity contribution in [1.82, 2.24) is 0 Å². The first kappa shape index (κ1) is 14.7. The molecule has 3 nitrogen and oxygen atoms in total. The molecule has 0 saturated carbocycles. The van der Waals surface area contributed by atoms with E-state index in [2.05, 4.69) is 33.2 Å². The monoisotopic (exact) mass is 388 g/mol. The summed E-state index contributed by atoms with van der Waals surface area (Å²) in [6, 6.07) is 10.8. The summed E-state index contributed by atoms with van der Waals surface area (Å²) in [5.41, 5.74) is 0.360. The maximum Gasteiger partial charge on any atom is 0.243 e. The van der Waals surface area contributed by atoms with Gasteiger partial charge in [0.1, 0.15) is 17.3 Å². The van der Waals surface area contributed by atoms with Crippen molar-refractivity contribution in [3.8, 4) is 0 Å². The van der Waals surface area contributed by atoms with Crippen LogP contribution in [-0.2, 0) is 4.79 Å². The molecule has 0 fully saturated rings. The number of amides is 1. The third-order valence-corrected chi connectivity index (χ3v) is 3.48. The van der Waals surface area contributed by atoms with Gasteiger partial charge in [0.05, 0.1) is 6.54 Å². The predicted octanol–water partition coefficient (Wildman–Crippen LogP) is 3.62. The van der Waals surface area contributed by atoms with Crippen LogP contribution in [-0.4, -0.2) is 12.5 Å². The van der Waals surface area contributed by atoms with Gasteiger partial charge in [-0.3, -0.25) is 4.79 Å². The summed E-state index contributed by atoms with van der Waals surface area (Å²) < 4.78 is 27.7. The predicted molar refractivity (Wildman–Crippen MR) is 82.6 cm³/mol. The van der Waals surface area contributed by atoms with Gasteiger partial charge in [0.2, 0.25) is 5.91 Å². The second-order valence-corrected chi connectivity index (χ2v) is 5.14. The third-order valence-electron chi connectivity index (χ3n) is 2.54. The number of hydrogen-bond donors (Lipinski definition) is 2. The van der Waals surface area contributed by atoms with Crippen molar-refractivity contribution in [2.45, 2.75) is 0 Å². The summed E-state index contributed by atoms with van der Waals surface area (Å²) in [5, 5.41) is 5.12. The van der Waals surface area contributed by atoms with E-state index in [0.29, 0.717) is 0 Å². The molecule has 0 unspecified atom stereocenters. The number of carbonyl (C=O) groups is 1. The first-order chi connectivity index (χ1) is 9.58. The number of anilines is 2. The first-order valence-corrected chi connectivity index (χ1v) is 6.88. The average Bonchev–Trinajstić information content (AvgIpc) is 2.42. The Kier molecular flexibility index (Phi) is 4.89. The second-order valence-electron chi connectivity index (χ2n) is 3.98. The van der Waals surface area contributed by atoms with Crippen LogP contribution in [0.15, 0.2) is 42.5 Å². The van der Waals surface area contributed by atoms with Gasteiger partial charge in [-0.1, -0.05) is 18.2 Å². The summed E-state index contributed by atoms with van der Waals surface area (Å²) in [4.78, 5) is 11.7. The number of halogens is 3. The number of rotatable bonds is 4. The van der Waals surface area contributed by atoms with E-state index < -0.39 is 23.2 Å². The number of carbonyl (C=O) groups excluding carboxylic acids is 1. The lowest BCUT2D eigenvalue weighted by Crippen LogP contribution is -2.23. The molecule has 0 aliphatic heterocycles. The van der Waals surface area contributed by atoms with Gasteiger partial charge in [-0.05, 0) is 46.9 Å². The average molecular weight is 388 g/mol. The Morgan fingerprint density at radius 2 is 1.70 bits per heavy atom. The molecule has 0 bridgehead atoms. The Hall–Kier alpha value is -1.70. The Morgan fingerprint density at radius 1 is 1.05 bits per heavy atom. The lowest BCUT2D eigenvalue weighted by molar-refractivity contribution is -0.114. The van der Waals surface area contributed by atoms with Crippen LogP contribution in [0.5, 0.6) is 0 Å². The van der Waals surface area contributed by atoms with Crippen molar-refractivity contribution in [2.75, 3.05) is 17.2 Å². The summed E-state index contributed by atoms with van der Waals surface area (Å²) in [7, 11) is 0. The van der Waals surface area contributed by atoms with Crippen LogP contribution in [0.4, 0.5) is 20.2 Å². The molecule has 0 aliphatic rings. The van der Waals surface area contributed by atoms with E-state index in [1.807, 2.05) is 24.3 Å². The van der Waals surface area contributed by atoms with Gasteiger partial charge in [-0.25, -0.2) is 8.78 Å². The molecule has 0 spiro atoms. The largest absolute Gasteiger partial charge is 0.375 e. The Balaban J connectivity index is 1.98. The van der Waals surface area contributed by atoms with E-state index in [-0.39, 0.29) is 6.54 Å². The first-order valence-electron chi connectivity index (χ1n) is 5.80. The molecule has 0 radical (unpaired) electrons. The third kappa shape index (κ3) is 3.66. The van der Waals surface area contributed by atoms with Gasteiger partial charge in [-0.15, -0.1) is 0 Å². The molecule has 2 aromatic carbocycles. The minimum atomic E-state index is -0.798. The minimum Gasteiger partial charge on any atom is -0.375 e. The summed E-state index contributed by atoms with van der Waals surface area (Å²) in [5.74, 6) is -2.12. The van der Waals surface area contributed by atoms with E-state index >= 15 is 0 Å². The number of para-hydroxylation sites is 2. The standard InChI is InChI=1S/C14H11F2IN2O/c15-9-4-3-5-10(16)14(9)19-13(20)8-18-12-7-2-1-6-11(12)17/h1-7,18H,8H2,(H,19,20). The van der Waals surface area contributed by atoms with Crippen molar-refractivity contribution >= 4 is 39.9 Å². The molecule has 2 aromatic rings. The molecule has 104 valence electrons. The second kappa shape index (κ2) is 6.65. The Morgan fingerprint density at radius 3 is 2.35 bits per heavy atom. The fourth-order valence-electron chi connectivity index (χ4n) is 1.58. The summed E-state index contributed by atoms with van der Waals surface area (Å²) in [6.45, 7) is -0.0756. The van der Waals surface area contributed by atoms with Crippen molar-refractivity contribution in [3.05, 3.63) is 57.7 Å². The zero-order valence-corrected chi connectivity index (χ0v) is 12.4. The van der Waals surface area contributed by atoms with Crippen LogP contribution in [0.25, 0.3) is 0 Å². The molecule has 0 atom stereocenters. The number of benzene rings is 2. The van der Waals surface area contributed by atoms with E-state index in [1.54, 1.807) is 0 Å². The molecular formula is C14H11F2IN2O. The van der Waals surface area contributed by atoms with E-state index in [1.165, 1.54) is 6.07 Å². The van der Waals surface area contributed by atoms with E-state index in [0.717, 1.165) is 21.4 Å². The van der Waals surface area contributed by atoms with Crippen LogP contribution in [0.3, 0.4) is 0 Å². The van der Waals surface area contributed by atoms with Gasteiger partial charge in [0.25, 0.3) is 0 Å². The quantitative estimate of drug-likeness (QED) is 0.786. The zero-order valence-electron chi connectivity index (χ0n) is 10.3. The lowest BCUT2D eigenvalue weighted by Gasteiger charge is -2.10. The highest BCUT2D eigenvalue weighted by Crippen LogP contribution is 2.19. The van der Waals surface area contributed by atoms with E-state index in [4.69, 9.17) is 0 Å². The molecule has 20 heavy (non-hydrogen) atoms. The highest BCUT2D eigenvalue weighted by molar-refractivity contribution is 14.1.